The summed E-state index contributed by atoms with van der Waals surface area (Å²) in [4.78, 5) is 0. The van der Waals surface area contributed by atoms with Gasteiger partial charge in [-0.2, -0.15) is 26.7 Å². The van der Waals surface area contributed by atoms with Crippen LogP contribution in [0.1, 0.15) is 31.0 Å². The molecule has 0 saturated carbocycles. The van der Waals surface area contributed by atoms with Crippen molar-refractivity contribution in [2.24, 2.45) is 0 Å². The Morgan fingerprint density at radius 1 is 1.19 bits per heavy atom. The average Bonchev–Trinajstić information content (AvgIpc) is 2.95. The summed E-state index contributed by atoms with van der Waals surface area (Å²) >= 11 is 0. The van der Waals surface area contributed by atoms with Gasteiger partial charge >= 0.3 is 15.6 Å². The van der Waals surface area contributed by atoms with E-state index in [1.54, 1.807) is 0 Å². The summed E-state index contributed by atoms with van der Waals surface area (Å²) in [5.41, 5.74) is -4.02. The van der Waals surface area contributed by atoms with Crippen LogP contribution in [0.5, 0.6) is 5.88 Å². The fraction of sp³-hybridized carbons (Fsp3) is 0.471. The molecule has 10 heteroatoms. The molecule has 0 aliphatic rings. The molecular formula is C17H21F3N2O4S. The third-order valence-corrected chi connectivity index (χ3v) is 4.51. The molecule has 0 amide bonds. The van der Waals surface area contributed by atoms with Gasteiger partial charge in [0.15, 0.2) is 0 Å². The first-order valence-electron chi connectivity index (χ1n) is 8.42. The fourth-order valence-electron chi connectivity index (χ4n) is 2.30. The highest BCUT2D eigenvalue weighted by Crippen LogP contribution is 2.27. The standard InChI is InChI=1S/C17H21F3N2O4S/c1-2-7-15-12-16(26-27(23,24)17(18,19)20)22(21-15)10-6-11-25-13-14-8-4-3-5-9-14/h3-5,8-9,12H,2,6-7,10-11,13H2,1H3. The summed E-state index contributed by atoms with van der Waals surface area (Å²) in [6.45, 7) is 2.79. The van der Waals surface area contributed by atoms with E-state index in [2.05, 4.69) is 9.28 Å². The molecule has 0 fully saturated rings. The van der Waals surface area contributed by atoms with Gasteiger partial charge in [-0.3, -0.25) is 0 Å². The molecular weight excluding hydrogens is 385 g/mol. The van der Waals surface area contributed by atoms with Crippen molar-refractivity contribution < 1.29 is 30.5 Å². The molecule has 150 valence electrons. The largest absolute Gasteiger partial charge is 0.534 e. The molecule has 0 spiro atoms. The van der Waals surface area contributed by atoms with Gasteiger partial charge in [-0.05, 0) is 18.4 Å². The highest BCUT2D eigenvalue weighted by atomic mass is 32.2. The number of nitrogens with zero attached hydrogens (tertiary/aromatic N) is 2. The van der Waals surface area contributed by atoms with E-state index in [0.717, 1.165) is 10.2 Å². The second kappa shape index (κ2) is 9.23. The van der Waals surface area contributed by atoms with E-state index in [-0.39, 0.29) is 6.54 Å². The lowest BCUT2D eigenvalue weighted by atomic mass is 10.2. The van der Waals surface area contributed by atoms with Crippen molar-refractivity contribution in [2.75, 3.05) is 6.61 Å². The molecule has 0 atom stereocenters. The van der Waals surface area contributed by atoms with E-state index < -0.39 is 21.5 Å². The predicted octanol–water partition coefficient (Wildman–Crippen LogP) is 3.67. The smallest absolute Gasteiger partial charge is 0.377 e. The summed E-state index contributed by atoms with van der Waals surface area (Å²) in [6, 6.07) is 10.7. The van der Waals surface area contributed by atoms with Gasteiger partial charge in [0.1, 0.15) is 0 Å². The zero-order valence-electron chi connectivity index (χ0n) is 14.8. The molecule has 2 rings (SSSR count). The topological polar surface area (TPSA) is 70.4 Å². The molecule has 6 nitrogen and oxygen atoms in total. The number of halogens is 3. The molecule has 0 radical (unpaired) electrons. The van der Waals surface area contributed by atoms with Gasteiger partial charge in [0, 0.05) is 19.2 Å². The van der Waals surface area contributed by atoms with Crippen LogP contribution in [0.2, 0.25) is 0 Å². The van der Waals surface area contributed by atoms with Gasteiger partial charge in [0.25, 0.3) is 0 Å². The average molecular weight is 406 g/mol. The number of ether oxygens (including phenoxy) is 1. The van der Waals surface area contributed by atoms with Gasteiger partial charge in [-0.15, -0.1) is 0 Å². The lowest BCUT2D eigenvalue weighted by molar-refractivity contribution is -0.0502. The van der Waals surface area contributed by atoms with E-state index in [4.69, 9.17) is 4.74 Å². The maximum Gasteiger partial charge on any atom is 0.534 e. The van der Waals surface area contributed by atoms with E-state index in [1.165, 1.54) is 6.07 Å². The molecule has 1 heterocycles. The predicted molar refractivity (Wildman–Crippen MR) is 92.5 cm³/mol. The Bertz CT molecular complexity index is 820. The molecule has 1 aromatic carbocycles. The van der Waals surface area contributed by atoms with E-state index in [1.807, 2.05) is 37.3 Å². The van der Waals surface area contributed by atoms with Crippen LogP contribution < -0.4 is 4.18 Å². The first-order chi connectivity index (χ1) is 12.7. The molecule has 0 aliphatic heterocycles. The highest BCUT2D eigenvalue weighted by Gasteiger charge is 2.49. The van der Waals surface area contributed by atoms with Crippen molar-refractivity contribution in [1.29, 1.82) is 0 Å². The monoisotopic (exact) mass is 406 g/mol. The third kappa shape index (κ3) is 6.24. The van der Waals surface area contributed by atoms with Crippen LogP contribution in [-0.4, -0.2) is 30.3 Å². The van der Waals surface area contributed by atoms with Crippen LogP contribution in [0.4, 0.5) is 13.2 Å². The minimum absolute atomic E-state index is 0.168. The second-order valence-electron chi connectivity index (χ2n) is 5.82. The van der Waals surface area contributed by atoms with Crippen LogP contribution in [-0.2, 0) is 34.4 Å². The van der Waals surface area contributed by atoms with Crippen molar-refractivity contribution in [1.82, 2.24) is 9.78 Å². The van der Waals surface area contributed by atoms with Crippen LogP contribution in [0, 0.1) is 0 Å². The third-order valence-electron chi connectivity index (χ3n) is 3.55. The minimum Gasteiger partial charge on any atom is -0.377 e. The zero-order chi connectivity index (χ0) is 19.9. The normalized spacial score (nSPS) is 12.3. The zero-order valence-corrected chi connectivity index (χ0v) is 15.6. The number of alkyl halides is 3. The van der Waals surface area contributed by atoms with Crippen molar-refractivity contribution in [3.05, 3.63) is 47.7 Å². The summed E-state index contributed by atoms with van der Waals surface area (Å²) < 4.78 is 71.1. The number of hydrogen-bond acceptors (Lipinski definition) is 5. The van der Waals surface area contributed by atoms with Crippen molar-refractivity contribution in [3.8, 4) is 5.88 Å². The number of aromatic nitrogens is 2. The van der Waals surface area contributed by atoms with Crippen molar-refractivity contribution in [3.63, 3.8) is 0 Å². The van der Waals surface area contributed by atoms with Gasteiger partial charge in [0.05, 0.1) is 12.3 Å². The molecule has 2 aromatic rings. The Balaban J connectivity index is 1.96. The molecule has 0 saturated heterocycles. The highest BCUT2D eigenvalue weighted by molar-refractivity contribution is 7.87. The maximum atomic E-state index is 12.6. The summed E-state index contributed by atoms with van der Waals surface area (Å²) in [5.74, 6) is -0.446. The van der Waals surface area contributed by atoms with Crippen molar-refractivity contribution in [2.45, 2.75) is 44.8 Å². The molecule has 27 heavy (non-hydrogen) atoms. The summed E-state index contributed by atoms with van der Waals surface area (Å²) in [5, 5.41) is 4.13. The lowest BCUT2D eigenvalue weighted by Gasteiger charge is -2.11. The molecule has 0 N–H and O–H groups in total. The Hall–Kier alpha value is -2.07. The van der Waals surface area contributed by atoms with Gasteiger partial charge in [-0.1, -0.05) is 43.7 Å². The lowest BCUT2D eigenvalue weighted by Crippen LogP contribution is -2.29. The number of hydrogen-bond donors (Lipinski definition) is 0. The number of rotatable bonds is 10. The van der Waals surface area contributed by atoms with Crippen LogP contribution >= 0.6 is 0 Å². The van der Waals surface area contributed by atoms with Gasteiger partial charge in [-0.25, -0.2) is 4.68 Å². The second-order valence-corrected chi connectivity index (χ2v) is 7.36. The van der Waals surface area contributed by atoms with Gasteiger partial charge < -0.3 is 8.92 Å². The Morgan fingerprint density at radius 3 is 2.52 bits per heavy atom. The van der Waals surface area contributed by atoms with E-state index in [0.29, 0.717) is 38.2 Å². The van der Waals surface area contributed by atoms with E-state index in [9.17, 15) is 21.6 Å². The molecule has 0 bridgehead atoms. The number of aryl methyl sites for hydroxylation is 2. The molecule has 0 unspecified atom stereocenters. The number of benzene rings is 1. The van der Waals surface area contributed by atoms with Crippen molar-refractivity contribution >= 4 is 10.1 Å². The first kappa shape index (κ1) is 21.2. The summed E-state index contributed by atoms with van der Waals surface area (Å²) in [7, 11) is -5.74. The molecule has 0 aliphatic carbocycles. The fourth-order valence-corrected chi connectivity index (χ4v) is 2.75. The Kier molecular flexibility index (Phi) is 7.25. The Labute approximate surface area is 156 Å². The van der Waals surface area contributed by atoms with E-state index >= 15 is 0 Å². The first-order valence-corrected chi connectivity index (χ1v) is 9.83. The summed E-state index contributed by atoms with van der Waals surface area (Å²) in [6.07, 6.45) is 1.64. The molecule has 1 aromatic heterocycles. The van der Waals surface area contributed by atoms with Crippen LogP contribution in [0.15, 0.2) is 36.4 Å². The van der Waals surface area contributed by atoms with Crippen LogP contribution in [0.25, 0.3) is 0 Å². The van der Waals surface area contributed by atoms with Gasteiger partial charge in [0.2, 0.25) is 5.88 Å². The Morgan fingerprint density at radius 2 is 1.89 bits per heavy atom. The maximum absolute atomic E-state index is 12.6. The quantitative estimate of drug-likeness (QED) is 0.342. The SMILES string of the molecule is CCCc1cc(OS(=O)(=O)C(F)(F)F)n(CCCOCc2ccccc2)n1. The van der Waals surface area contributed by atoms with Crippen LogP contribution in [0.3, 0.4) is 0 Å². The minimum atomic E-state index is -5.74.